The van der Waals surface area contributed by atoms with Gasteiger partial charge in [0.1, 0.15) is 12.1 Å². The van der Waals surface area contributed by atoms with Crippen molar-refractivity contribution in [3.63, 3.8) is 0 Å². The summed E-state index contributed by atoms with van der Waals surface area (Å²) in [6.07, 6.45) is 3.96. The van der Waals surface area contributed by atoms with Crippen molar-refractivity contribution < 1.29 is 17.6 Å². The number of pyridine rings is 2. The Hall–Kier alpha value is -4.45. The Kier molecular flexibility index (Phi) is 6.37. The van der Waals surface area contributed by atoms with Crippen LogP contribution in [0.5, 0.6) is 0 Å². The summed E-state index contributed by atoms with van der Waals surface area (Å²) in [7, 11) is 1.78. The number of hydrogen-bond donors (Lipinski definition) is 1. The number of aryl methyl sites for hydroxylation is 1. The quantitative estimate of drug-likeness (QED) is 0.226. The molecule has 12 heteroatoms. The molecule has 0 spiro atoms. The maximum atomic E-state index is 14.4. The first-order valence-electron chi connectivity index (χ1n) is 13.7. The molecule has 0 amide bonds. The lowest BCUT2D eigenvalue weighted by Gasteiger charge is -2.13. The second-order valence-electron chi connectivity index (χ2n) is 10.9. The number of halogens is 4. The maximum Gasteiger partial charge on any atom is 0.418 e. The molecule has 4 aromatic heterocycles. The summed E-state index contributed by atoms with van der Waals surface area (Å²) in [5.41, 5.74) is 2.66. The van der Waals surface area contributed by atoms with Crippen molar-refractivity contribution in [3.8, 4) is 39.6 Å². The zero-order valence-corrected chi connectivity index (χ0v) is 22.6. The fourth-order valence-electron chi connectivity index (χ4n) is 5.03. The minimum Gasteiger partial charge on any atom is -0.317 e. The Balaban J connectivity index is 1.31. The van der Waals surface area contributed by atoms with Gasteiger partial charge in [0.2, 0.25) is 0 Å². The van der Waals surface area contributed by atoms with E-state index in [0.29, 0.717) is 35.5 Å². The van der Waals surface area contributed by atoms with E-state index < -0.39 is 17.6 Å². The third-order valence-corrected chi connectivity index (χ3v) is 7.57. The zero-order chi connectivity index (χ0) is 29.0. The van der Waals surface area contributed by atoms with Crippen molar-refractivity contribution in [2.45, 2.75) is 50.4 Å². The van der Waals surface area contributed by atoms with Crippen LogP contribution in [0.15, 0.2) is 61.2 Å². The minimum absolute atomic E-state index is 0.175. The van der Waals surface area contributed by atoms with Gasteiger partial charge >= 0.3 is 6.18 Å². The number of aromatic nitrogens is 7. The molecule has 0 atom stereocenters. The number of hydrogen-bond acceptors (Lipinski definition) is 6. The summed E-state index contributed by atoms with van der Waals surface area (Å²) >= 11 is 0. The molecule has 0 aliphatic heterocycles. The average molecular weight is 575 g/mol. The van der Waals surface area contributed by atoms with E-state index >= 15 is 0 Å². The van der Waals surface area contributed by atoms with E-state index in [1.807, 2.05) is 6.07 Å². The second-order valence-corrected chi connectivity index (χ2v) is 10.9. The van der Waals surface area contributed by atoms with Crippen molar-refractivity contribution in [1.82, 2.24) is 39.8 Å². The van der Waals surface area contributed by atoms with E-state index in [9.17, 15) is 17.6 Å². The molecule has 2 fully saturated rings. The summed E-state index contributed by atoms with van der Waals surface area (Å²) in [4.78, 5) is 9.20. The Morgan fingerprint density at radius 1 is 0.952 bits per heavy atom. The number of nitrogens with one attached hydrogen (secondary N) is 1. The zero-order valence-electron chi connectivity index (χ0n) is 22.6. The molecule has 1 aromatic carbocycles. The normalized spacial score (nSPS) is 15.4. The molecule has 0 radical (unpaired) electrons. The minimum atomic E-state index is -4.58. The first-order chi connectivity index (χ1) is 20.2. The van der Waals surface area contributed by atoms with Crippen molar-refractivity contribution >= 4 is 0 Å². The number of alkyl halides is 3. The Morgan fingerprint density at radius 3 is 2.50 bits per heavy atom. The highest BCUT2D eigenvalue weighted by molar-refractivity contribution is 5.81. The Labute approximate surface area is 238 Å². The van der Waals surface area contributed by atoms with Crippen LogP contribution in [0.4, 0.5) is 17.6 Å². The third kappa shape index (κ3) is 5.29. The topological polar surface area (TPSA) is 86.3 Å². The molecular weight excluding hydrogens is 548 g/mol. The van der Waals surface area contributed by atoms with Crippen molar-refractivity contribution in [2.24, 2.45) is 7.05 Å². The molecule has 0 bridgehead atoms. The van der Waals surface area contributed by atoms with Crippen LogP contribution in [0.2, 0.25) is 0 Å². The average Bonchev–Trinajstić information content (AvgIpc) is 3.90. The second kappa shape index (κ2) is 10.1. The number of nitrogens with zero attached hydrogens (tertiary/aromatic N) is 7. The standard InChI is InChI=1S/C30H26F4N8/c1-41-16-36-40-29(41)24-12-20(31)4-8-23(24)18-10-26(17-2-3-17)39-27(11-18)42-15-19(13-37-42)28-25(30(32,33)34)9-7-22(38-28)14-35-21-5-6-21/h4,7-13,15-17,21,35H,2-3,5-6,14H2,1H3. The van der Waals surface area contributed by atoms with Gasteiger partial charge in [-0.25, -0.2) is 14.1 Å². The fourth-order valence-corrected chi connectivity index (χ4v) is 5.03. The van der Waals surface area contributed by atoms with Crippen LogP contribution in [0, 0.1) is 5.82 Å². The van der Waals surface area contributed by atoms with Gasteiger partial charge in [0.15, 0.2) is 11.6 Å². The fraction of sp³-hybridized carbons (Fsp3) is 0.300. The van der Waals surface area contributed by atoms with Crippen LogP contribution in [0.3, 0.4) is 0 Å². The van der Waals surface area contributed by atoms with Crippen molar-refractivity contribution in [3.05, 3.63) is 84.0 Å². The van der Waals surface area contributed by atoms with E-state index in [1.165, 1.54) is 35.3 Å². The van der Waals surface area contributed by atoms with E-state index in [4.69, 9.17) is 4.98 Å². The van der Waals surface area contributed by atoms with Gasteiger partial charge in [-0.15, -0.1) is 10.2 Å². The molecule has 2 aliphatic rings. The lowest BCUT2D eigenvalue weighted by atomic mass is 9.98. The molecule has 2 saturated carbocycles. The molecule has 7 rings (SSSR count). The van der Waals surface area contributed by atoms with Crippen LogP contribution in [-0.2, 0) is 19.8 Å². The van der Waals surface area contributed by atoms with Crippen molar-refractivity contribution in [2.75, 3.05) is 0 Å². The predicted molar refractivity (Wildman–Crippen MR) is 147 cm³/mol. The summed E-state index contributed by atoms with van der Waals surface area (Å²) in [6.45, 7) is 0.393. The van der Waals surface area contributed by atoms with E-state index in [1.54, 1.807) is 30.1 Å². The SMILES string of the molecule is Cn1cnnc1-c1cc(F)ccc1-c1cc(C2CC2)nc(-n2cc(-c3nc(CNC4CC4)ccc3C(F)(F)F)cn2)c1. The monoisotopic (exact) mass is 574 g/mol. The summed E-state index contributed by atoms with van der Waals surface area (Å²) in [6, 6.07) is 11.1. The Morgan fingerprint density at radius 2 is 1.79 bits per heavy atom. The summed E-state index contributed by atoms with van der Waals surface area (Å²) in [5, 5.41) is 15.8. The summed E-state index contributed by atoms with van der Waals surface area (Å²) < 4.78 is 59.5. The van der Waals surface area contributed by atoms with Crippen LogP contribution in [-0.4, -0.2) is 40.6 Å². The lowest BCUT2D eigenvalue weighted by Crippen LogP contribution is -2.17. The van der Waals surface area contributed by atoms with Gasteiger partial charge in [0.05, 0.1) is 23.1 Å². The predicted octanol–water partition coefficient (Wildman–Crippen LogP) is 6.08. The molecular formula is C30H26F4N8. The molecule has 214 valence electrons. The van der Waals surface area contributed by atoms with Gasteiger partial charge in [0, 0.05) is 48.6 Å². The van der Waals surface area contributed by atoms with E-state index in [2.05, 4.69) is 25.6 Å². The molecule has 5 aromatic rings. The Bertz CT molecular complexity index is 1780. The van der Waals surface area contributed by atoms with E-state index in [0.717, 1.165) is 48.6 Å². The van der Waals surface area contributed by atoms with Gasteiger partial charge in [-0.2, -0.15) is 18.3 Å². The molecule has 42 heavy (non-hydrogen) atoms. The lowest BCUT2D eigenvalue weighted by molar-refractivity contribution is -0.137. The number of rotatable bonds is 8. The molecule has 0 unspecified atom stereocenters. The molecule has 8 nitrogen and oxygen atoms in total. The highest BCUT2D eigenvalue weighted by atomic mass is 19.4. The first kappa shape index (κ1) is 26.4. The molecule has 4 heterocycles. The van der Waals surface area contributed by atoms with Crippen molar-refractivity contribution in [1.29, 1.82) is 0 Å². The maximum absolute atomic E-state index is 14.4. The van der Waals surface area contributed by atoms with Crippen LogP contribution < -0.4 is 5.32 Å². The van der Waals surface area contributed by atoms with Gasteiger partial charge in [-0.1, -0.05) is 6.07 Å². The van der Waals surface area contributed by atoms with Gasteiger partial charge in [-0.3, -0.25) is 4.98 Å². The highest BCUT2D eigenvalue weighted by Gasteiger charge is 2.35. The van der Waals surface area contributed by atoms with Crippen LogP contribution in [0.25, 0.3) is 39.6 Å². The van der Waals surface area contributed by atoms with Gasteiger partial charge < -0.3 is 9.88 Å². The first-order valence-corrected chi connectivity index (χ1v) is 13.7. The third-order valence-electron chi connectivity index (χ3n) is 7.57. The molecule has 2 aliphatic carbocycles. The largest absolute Gasteiger partial charge is 0.418 e. The van der Waals surface area contributed by atoms with Crippen LogP contribution in [0.1, 0.15) is 48.6 Å². The van der Waals surface area contributed by atoms with E-state index in [-0.39, 0.29) is 17.2 Å². The van der Waals surface area contributed by atoms with Crippen LogP contribution >= 0.6 is 0 Å². The highest BCUT2D eigenvalue weighted by Crippen LogP contribution is 2.42. The van der Waals surface area contributed by atoms with Gasteiger partial charge in [-0.05, 0) is 73.2 Å². The summed E-state index contributed by atoms with van der Waals surface area (Å²) in [5.74, 6) is 0.798. The number of benzene rings is 1. The molecule has 1 N–H and O–H groups in total. The molecule has 0 saturated heterocycles. The van der Waals surface area contributed by atoms with Gasteiger partial charge in [0.25, 0.3) is 0 Å². The smallest absolute Gasteiger partial charge is 0.317 e.